The van der Waals surface area contributed by atoms with Gasteiger partial charge < -0.3 is 29.9 Å². The van der Waals surface area contributed by atoms with Gasteiger partial charge in [0, 0.05) is 18.7 Å². The molecule has 43 heavy (non-hydrogen) atoms. The molecule has 10 nitrogen and oxygen atoms in total. The van der Waals surface area contributed by atoms with Crippen LogP contribution in [-0.2, 0) is 32.1 Å². The molecule has 0 saturated heterocycles. The number of anilines is 1. The van der Waals surface area contributed by atoms with E-state index < -0.39 is 30.5 Å². The minimum Gasteiger partial charge on any atom is -0.493 e. The maximum atomic E-state index is 13.3. The molecule has 0 spiro atoms. The smallest absolute Gasteiger partial charge is 0.408 e. The number of ether oxygens (including phenoxy) is 2. The molecule has 0 radical (unpaired) electrons. The number of nitrogens with one attached hydrogen (secondary N) is 1. The average Bonchev–Trinajstić information content (AvgIpc) is 2.99. The van der Waals surface area contributed by atoms with Gasteiger partial charge >= 0.3 is 18.0 Å². The third-order valence-electron chi connectivity index (χ3n) is 7.48. The van der Waals surface area contributed by atoms with Crippen LogP contribution in [0.3, 0.4) is 0 Å². The number of aliphatic carboxylic acids is 2. The van der Waals surface area contributed by atoms with E-state index in [1.807, 2.05) is 73.3 Å². The van der Waals surface area contributed by atoms with Crippen molar-refractivity contribution in [1.82, 2.24) is 5.32 Å². The molecule has 10 heteroatoms. The number of hydrogen-bond acceptors (Lipinski definition) is 6. The zero-order valence-electron chi connectivity index (χ0n) is 24.3. The van der Waals surface area contributed by atoms with Gasteiger partial charge in [-0.1, -0.05) is 42.5 Å². The summed E-state index contributed by atoms with van der Waals surface area (Å²) in [5.41, 5.74) is 6.78. The van der Waals surface area contributed by atoms with E-state index in [2.05, 4.69) is 5.32 Å². The highest BCUT2D eigenvalue weighted by Gasteiger charge is 2.25. The number of carboxylic acids is 2. The molecule has 4 rings (SSSR count). The Morgan fingerprint density at radius 3 is 2.53 bits per heavy atom. The second-order valence-corrected chi connectivity index (χ2v) is 10.5. The van der Waals surface area contributed by atoms with E-state index in [9.17, 15) is 19.2 Å². The summed E-state index contributed by atoms with van der Waals surface area (Å²) in [5.74, 6) is -1.92. The van der Waals surface area contributed by atoms with Crippen LogP contribution in [0.5, 0.6) is 5.75 Å². The van der Waals surface area contributed by atoms with E-state index in [4.69, 9.17) is 19.7 Å². The van der Waals surface area contributed by atoms with Crippen LogP contribution in [0.1, 0.15) is 47.9 Å². The summed E-state index contributed by atoms with van der Waals surface area (Å²) in [6.07, 6.45) is 0.840. The number of benzene rings is 3. The molecule has 3 aromatic rings. The van der Waals surface area contributed by atoms with Crippen LogP contribution >= 0.6 is 0 Å². The van der Waals surface area contributed by atoms with E-state index in [1.54, 1.807) is 6.07 Å². The summed E-state index contributed by atoms with van der Waals surface area (Å²) in [5, 5.41) is 20.0. The van der Waals surface area contributed by atoms with Gasteiger partial charge in [0.25, 0.3) is 0 Å². The SMILES string of the molecule is Cc1cccc(OCCCC(=O)N2CCCc3c(-c4cccc(COC(=O)NC(CC(=O)O)C(=O)O)c4)cccc32)c1C. The van der Waals surface area contributed by atoms with Gasteiger partial charge in [-0.05, 0) is 84.7 Å². The van der Waals surface area contributed by atoms with Crippen LogP contribution in [0, 0.1) is 13.8 Å². The first-order chi connectivity index (χ1) is 20.6. The number of carbonyl (C=O) groups excluding carboxylic acids is 2. The maximum absolute atomic E-state index is 13.3. The third-order valence-corrected chi connectivity index (χ3v) is 7.48. The molecule has 1 heterocycles. The maximum Gasteiger partial charge on any atom is 0.408 e. The minimum absolute atomic E-state index is 0.0541. The third kappa shape index (κ3) is 8.12. The molecule has 3 N–H and O–H groups in total. The number of alkyl carbamates (subject to hydrolysis) is 1. The van der Waals surface area contributed by atoms with E-state index in [0.29, 0.717) is 31.6 Å². The zero-order valence-corrected chi connectivity index (χ0v) is 24.3. The van der Waals surface area contributed by atoms with Gasteiger partial charge in [-0.2, -0.15) is 0 Å². The van der Waals surface area contributed by atoms with Crippen molar-refractivity contribution in [2.45, 2.75) is 58.6 Å². The Balaban J connectivity index is 1.39. The quantitative estimate of drug-likeness (QED) is 0.243. The molecule has 2 amide bonds. The topological polar surface area (TPSA) is 142 Å². The molecule has 0 aliphatic carbocycles. The van der Waals surface area contributed by atoms with Crippen molar-refractivity contribution in [3.05, 3.63) is 82.9 Å². The highest BCUT2D eigenvalue weighted by atomic mass is 16.5. The van der Waals surface area contributed by atoms with Gasteiger partial charge in [0.2, 0.25) is 5.91 Å². The number of nitrogens with zero attached hydrogens (tertiary/aromatic N) is 1. The number of carbonyl (C=O) groups is 4. The van der Waals surface area contributed by atoms with E-state index >= 15 is 0 Å². The second-order valence-electron chi connectivity index (χ2n) is 10.5. The summed E-state index contributed by atoms with van der Waals surface area (Å²) < 4.78 is 11.1. The zero-order chi connectivity index (χ0) is 30.9. The van der Waals surface area contributed by atoms with Crippen molar-refractivity contribution in [3.63, 3.8) is 0 Å². The predicted molar refractivity (Wildman–Crippen MR) is 160 cm³/mol. The van der Waals surface area contributed by atoms with Gasteiger partial charge in [0.05, 0.1) is 13.0 Å². The summed E-state index contributed by atoms with van der Waals surface area (Å²) in [6.45, 7) is 5.04. The monoisotopic (exact) mass is 588 g/mol. The molecular weight excluding hydrogens is 552 g/mol. The lowest BCUT2D eigenvalue weighted by Gasteiger charge is -2.31. The number of amides is 2. The molecule has 0 saturated carbocycles. The minimum atomic E-state index is -1.59. The first-order valence-corrected chi connectivity index (χ1v) is 14.2. The first-order valence-electron chi connectivity index (χ1n) is 14.2. The number of aryl methyl sites for hydroxylation is 1. The fourth-order valence-corrected chi connectivity index (χ4v) is 5.11. The molecule has 1 atom stereocenters. The van der Waals surface area contributed by atoms with Crippen molar-refractivity contribution in [3.8, 4) is 16.9 Å². The van der Waals surface area contributed by atoms with Gasteiger partial charge in [-0.3, -0.25) is 9.59 Å². The molecule has 1 aliphatic heterocycles. The van der Waals surface area contributed by atoms with E-state index in [1.165, 1.54) is 5.56 Å². The van der Waals surface area contributed by atoms with Crippen LogP contribution in [0.2, 0.25) is 0 Å². The van der Waals surface area contributed by atoms with Gasteiger partial charge in [-0.15, -0.1) is 0 Å². The Kier molecular flexibility index (Phi) is 10.4. The number of hydrogen-bond donors (Lipinski definition) is 3. The normalized spacial score (nSPS) is 13.0. The lowest BCUT2D eigenvalue weighted by molar-refractivity contribution is -0.145. The summed E-state index contributed by atoms with van der Waals surface area (Å²) in [7, 11) is 0. The molecule has 226 valence electrons. The highest BCUT2D eigenvalue weighted by Crippen LogP contribution is 2.36. The fraction of sp³-hybridized carbons (Fsp3) is 0.333. The summed E-state index contributed by atoms with van der Waals surface area (Å²) in [6, 6.07) is 17.7. The summed E-state index contributed by atoms with van der Waals surface area (Å²) in [4.78, 5) is 49.3. The van der Waals surface area contributed by atoms with Crippen LogP contribution in [0.25, 0.3) is 11.1 Å². The van der Waals surface area contributed by atoms with Crippen molar-refractivity contribution in [2.24, 2.45) is 0 Å². The summed E-state index contributed by atoms with van der Waals surface area (Å²) >= 11 is 0. The predicted octanol–water partition coefficient (Wildman–Crippen LogP) is 5.26. The van der Waals surface area contributed by atoms with Gasteiger partial charge in [0.1, 0.15) is 18.4 Å². The van der Waals surface area contributed by atoms with E-state index in [-0.39, 0.29) is 12.5 Å². The lowest BCUT2D eigenvalue weighted by atomic mass is 9.91. The molecule has 0 aromatic heterocycles. The highest BCUT2D eigenvalue weighted by molar-refractivity contribution is 5.96. The molecule has 3 aromatic carbocycles. The largest absolute Gasteiger partial charge is 0.493 e. The van der Waals surface area contributed by atoms with Crippen LogP contribution in [-0.4, -0.2) is 53.3 Å². The fourth-order valence-electron chi connectivity index (χ4n) is 5.11. The Morgan fingerprint density at radius 1 is 1.00 bits per heavy atom. The van der Waals surface area contributed by atoms with Crippen LogP contribution in [0.4, 0.5) is 10.5 Å². The number of rotatable bonds is 12. The Morgan fingerprint density at radius 2 is 1.77 bits per heavy atom. The average molecular weight is 589 g/mol. The number of fused-ring (bicyclic) bond motifs is 1. The molecular formula is C33H36N2O8. The van der Waals surface area contributed by atoms with Crippen molar-refractivity contribution in [1.29, 1.82) is 0 Å². The van der Waals surface area contributed by atoms with Crippen molar-refractivity contribution < 1.29 is 38.9 Å². The molecule has 1 aliphatic rings. The lowest BCUT2D eigenvalue weighted by Crippen LogP contribution is -2.42. The first kappa shape index (κ1) is 31.1. The van der Waals surface area contributed by atoms with E-state index in [0.717, 1.165) is 46.5 Å². The van der Waals surface area contributed by atoms with Crippen LogP contribution < -0.4 is 15.0 Å². The Labute approximate surface area is 250 Å². The van der Waals surface area contributed by atoms with Crippen molar-refractivity contribution >= 4 is 29.6 Å². The molecule has 0 bridgehead atoms. The number of carboxylic acid groups (broad SMARTS) is 2. The Hall–Kier alpha value is -4.86. The van der Waals surface area contributed by atoms with Crippen LogP contribution in [0.15, 0.2) is 60.7 Å². The molecule has 0 fully saturated rings. The second kappa shape index (κ2) is 14.4. The standard InChI is InChI=1S/C33H36N2O8/c1-21-8-3-14-29(22(21)2)42-17-7-15-30(36)35-16-6-12-26-25(11-5-13-28(26)35)24-10-4-9-23(18-24)20-43-33(41)34-27(32(39)40)19-31(37)38/h3-5,8-11,13-14,18,27H,6-7,12,15-17,19-20H2,1-2H3,(H,34,41)(H,37,38)(H,39,40). The van der Waals surface area contributed by atoms with Gasteiger partial charge in [0.15, 0.2) is 0 Å². The Bertz CT molecular complexity index is 1500. The van der Waals surface area contributed by atoms with Crippen molar-refractivity contribution in [2.75, 3.05) is 18.1 Å². The molecule has 1 unspecified atom stereocenters. The van der Waals surface area contributed by atoms with Gasteiger partial charge in [-0.25, -0.2) is 9.59 Å².